The average molecular weight is 410 g/mol. The number of hydrogen-bond acceptors (Lipinski definition) is 6. The zero-order valence-corrected chi connectivity index (χ0v) is 17.6. The average Bonchev–Trinajstić information content (AvgIpc) is 2.74. The van der Waals surface area contributed by atoms with E-state index in [0.29, 0.717) is 17.1 Å². The molecule has 1 heterocycles. The number of thioether (sulfide) groups is 1. The molecule has 150 valence electrons. The van der Waals surface area contributed by atoms with Crippen molar-refractivity contribution in [1.82, 2.24) is 9.55 Å². The number of nitrogens with zero attached hydrogens (tertiary/aromatic N) is 2. The van der Waals surface area contributed by atoms with E-state index in [9.17, 15) is 9.59 Å². The maximum absolute atomic E-state index is 12.9. The van der Waals surface area contributed by atoms with Crippen molar-refractivity contribution in [2.75, 3.05) is 20.0 Å². The summed E-state index contributed by atoms with van der Waals surface area (Å²) in [4.78, 5) is 29.8. The van der Waals surface area contributed by atoms with E-state index in [2.05, 4.69) is 4.98 Å². The summed E-state index contributed by atoms with van der Waals surface area (Å²) in [6.45, 7) is 4.02. The molecule has 0 aliphatic carbocycles. The molecule has 0 fully saturated rings. The number of carbonyl (C=O) groups excluding carboxylic acids is 1. The van der Waals surface area contributed by atoms with E-state index < -0.39 is 0 Å². The van der Waals surface area contributed by atoms with Gasteiger partial charge in [0.05, 0.1) is 25.5 Å². The SMILES string of the molecule is COc1ccc(OC)c(C(=O)CSc2nccn(-c3ccc(C)c(C)c3)c2=O)c1. The predicted octanol–water partition coefficient (Wildman–Crippen LogP) is 3.84. The van der Waals surface area contributed by atoms with Crippen LogP contribution in [-0.2, 0) is 0 Å². The first-order valence-electron chi connectivity index (χ1n) is 8.98. The highest BCUT2D eigenvalue weighted by atomic mass is 32.2. The third kappa shape index (κ3) is 4.51. The maximum Gasteiger partial charge on any atom is 0.287 e. The Morgan fingerprint density at radius 2 is 1.86 bits per heavy atom. The Labute approximate surface area is 173 Å². The van der Waals surface area contributed by atoms with Crippen LogP contribution in [0.25, 0.3) is 5.69 Å². The third-order valence-electron chi connectivity index (χ3n) is 4.62. The lowest BCUT2D eigenvalue weighted by Crippen LogP contribution is -2.21. The number of ketones is 1. The summed E-state index contributed by atoms with van der Waals surface area (Å²) in [5.41, 5.74) is 3.17. The highest BCUT2D eigenvalue weighted by Gasteiger charge is 2.16. The van der Waals surface area contributed by atoms with Gasteiger partial charge < -0.3 is 9.47 Å². The summed E-state index contributed by atoms with van der Waals surface area (Å²) < 4.78 is 12.0. The Morgan fingerprint density at radius 3 is 2.55 bits per heavy atom. The fraction of sp³-hybridized carbons (Fsp3) is 0.227. The molecule has 2 aromatic carbocycles. The van der Waals surface area contributed by atoms with Gasteiger partial charge in [0, 0.05) is 18.1 Å². The van der Waals surface area contributed by atoms with E-state index in [1.165, 1.54) is 14.2 Å². The van der Waals surface area contributed by atoms with Gasteiger partial charge in [-0.3, -0.25) is 14.2 Å². The molecule has 0 N–H and O–H groups in total. The van der Waals surface area contributed by atoms with Crippen molar-refractivity contribution in [2.24, 2.45) is 0 Å². The first-order chi connectivity index (χ1) is 13.9. The number of aryl methyl sites for hydroxylation is 2. The molecular formula is C22H22N2O4S. The van der Waals surface area contributed by atoms with Crippen molar-refractivity contribution in [3.63, 3.8) is 0 Å². The molecule has 0 atom stereocenters. The van der Waals surface area contributed by atoms with Crippen LogP contribution >= 0.6 is 11.8 Å². The molecule has 6 nitrogen and oxygen atoms in total. The minimum Gasteiger partial charge on any atom is -0.497 e. The highest BCUT2D eigenvalue weighted by Crippen LogP contribution is 2.26. The van der Waals surface area contributed by atoms with Gasteiger partial charge in [-0.2, -0.15) is 0 Å². The summed E-state index contributed by atoms with van der Waals surface area (Å²) in [5, 5.41) is 0.265. The second-order valence-electron chi connectivity index (χ2n) is 6.45. The molecule has 0 radical (unpaired) electrons. The summed E-state index contributed by atoms with van der Waals surface area (Å²) >= 11 is 1.11. The van der Waals surface area contributed by atoms with Gasteiger partial charge in [0.1, 0.15) is 11.5 Å². The minimum atomic E-state index is -0.258. The van der Waals surface area contributed by atoms with Gasteiger partial charge in [0.25, 0.3) is 5.56 Å². The lowest BCUT2D eigenvalue weighted by Gasteiger charge is -2.10. The molecule has 0 unspecified atom stereocenters. The molecule has 29 heavy (non-hydrogen) atoms. The number of ether oxygens (including phenoxy) is 2. The Morgan fingerprint density at radius 1 is 1.07 bits per heavy atom. The Balaban J connectivity index is 1.84. The van der Waals surface area contributed by atoms with E-state index in [1.807, 2.05) is 32.0 Å². The van der Waals surface area contributed by atoms with E-state index in [0.717, 1.165) is 28.6 Å². The van der Waals surface area contributed by atoms with Gasteiger partial charge in [-0.15, -0.1) is 0 Å². The van der Waals surface area contributed by atoms with E-state index in [4.69, 9.17) is 9.47 Å². The van der Waals surface area contributed by atoms with Crippen LogP contribution in [0.2, 0.25) is 0 Å². The lowest BCUT2D eigenvalue weighted by atomic mass is 10.1. The van der Waals surface area contributed by atoms with Crippen LogP contribution in [0.1, 0.15) is 21.5 Å². The van der Waals surface area contributed by atoms with Gasteiger partial charge in [-0.1, -0.05) is 17.8 Å². The van der Waals surface area contributed by atoms with Crippen molar-refractivity contribution >= 4 is 17.5 Å². The van der Waals surface area contributed by atoms with Crippen LogP contribution in [0.3, 0.4) is 0 Å². The first kappa shape index (κ1) is 20.7. The monoisotopic (exact) mass is 410 g/mol. The van der Waals surface area contributed by atoms with Crippen LogP contribution < -0.4 is 15.0 Å². The van der Waals surface area contributed by atoms with Crippen molar-refractivity contribution in [2.45, 2.75) is 18.9 Å². The molecule has 0 bridgehead atoms. The van der Waals surface area contributed by atoms with Gasteiger partial charge in [-0.25, -0.2) is 4.98 Å². The molecule has 0 spiro atoms. The zero-order chi connectivity index (χ0) is 21.0. The number of hydrogen-bond donors (Lipinski definition) is 0. The fourth-order valence-corrected chi connectivity index (χ4v) is 3.60. The van der Waals surface area contributed by atoms with Gasteiger partial charge in [0.2, 0.25) is 0 Å². The molecule has 0 amide bonds. The van der Waals surface area contributed by atoms with Crippen molar-refractivity contribution < 1.29 is 14.3 Å². The molecule has 0 saturated carbocycles. The van der Waals surface area contributed by atoms with E-state index in [1.54, 1.807) is 35.2 Å². The number of carbonyl (C=O) groups is 1. The largest absolute Gasteiger partial charge is 0.497 e. The molecule has 3 rings (SSSR count). The Kier molecular flexibility index (Phi) is 6.39. The molecule has 7 heteroatoms. The van der Waals surface area contributed by atoms with Gasteiger partial charge in [0.15, 0.2) is 10.8 Å². The van der Waals surface area contributed by atoms with E-state index >= 15 is 0 Å². The lowest BCUT2D eigenvalue weighted by molar-refractivity contribution is 0.101. The summed E-state index contributed by atoms with van der Waals surface area (Å²) in [5.74, 6) is 0.912. The van der Waals surface area contributed by atoms with Crippen LogP contribution in [-0.4, -0.2) is 35.3 Å². The number of aromatic nitrogens is 2. The number of benzene rings is 2. The summed E-state index contributed by atoms with van der Waals surface area (Å²) in [7, 11) is 3.04. The first-order valence-corrected chi connectivity index (χ1v) is 9.96. The standard InChI is InChI=1S/C22H22N2O4S/c1-14-5-6-16(11-15(14)2)24-10-9-23-21(22(24)26)29-13-19(25)18-12-17(27-3)7-8-20(18)28-4/h5-12H,13H2,1-4H3. The third-order valence-corrected chi connectivity index (χ3v) is 5.58. The number of rotatable bonds is 7. The summed E-state index contributed by atoms with van der Waals surface area (Å²) in [6, 6.07) is 10.9. The van der Waals surface area contributed by atoms with E-state index in [-0.39, 0.29) is 22.1 Å². The van der Waals surface area contributed by atoms with Crippen molar-refractivity contribution in [1.29, 1.82) is 0 Å². The van der Waals surface area contributed by atoms with Gasteiger partial charge in [-0.05, 0) is 55.3 Å². The molecule has 0 aliphatic heterocycles. The topological polar surface area (TPSA) is 70.4 Å². The molecule has 1 aromatic heterocycles. The van der Waals surface area contributed by atoms with Crippen molar-refractivity contribution in [3.8, 4) is 17.2 Å². The zero-order valence-electron chi connectivity index (χ0n) is 16.8. The smallest absolute Gasteiger partial charge is 0.287 e. The predicted molar refractivity (Wildman–Crippen MR) is 114 cm³/mol. The van der Waals surface area contributed by atoms with Crippen molar-refractivity contribution in [3.05, 3.63) is 75.8 Å². The molecule has 3 aromatic rings. The quantitative estimate of drug-likeness (QED) is 0.435. The maximum atomic E-state index is 12.9. The van der Waals surface area contributed by atoms with Gasteiger partial charge >= 0.3 is 0 Å². The van der Waals surface area contributed by atoms with Crippen LogP contribution in [0.4, 0.5) is 0 Å². The Hall–Kier alpha value is -3.06. The molecule has 0 saturated heterocycles. The van der Waals surface area contributed by atoms with Crippen LogP contribution in [0.5, 0.6) is 11.5 Å². The van der Waals surface area contributed by atoms with Crippen LogP contribution in [0.15, 0.2) is 58.6 Å². The molecule has 0 aliphatic rings. The minimum absolute atomic E-state index is 0.0582. The molecular weight excluding hydrogens is 388 g/mol. The second kappa shape index (κ2) is 8.96. The Bertz CT molecular complexity index is 1110. The fourth-order valence-electron chi connectivity index (χ4n) is 2.82. The number of methoxy groups -OCH3 is 2. The normalized spacial score (nSPS) is 10.6. The summed E-state index contributed by atoms with van der Waals surface area (Å²) in [6.07, 6.45) is 3.19. The number of Topliss-reactive ketones (excluding diaryl/α,β-unsaturated/α-hetero) is 1. The van der Waals surface area contributed by atoms with Crippen LogP contribution in [0, 0.1) is 13.8 Å². The highest BCUT2D eigenvalue weighted by molar-refractivity contribution is 7.99. The second-order valence-corrected chi connectivity index (χ2v) is 7.42.